The van der Waals surface area contributed by atoms with Crippen molar-refractivity contribution in [3.8, 4) is 0 Å². The summed E-state index contributed by atoms with van der Waals surface area (Å²) in [5.41, 5.74) is 3.81. The number of pyridine rings is 1. The molecule has 0 amide bonds. The van der Waals surface area contributed by atoms with E-state index in [9.17, 15) is 0 Å². The molecular weight excluding hydrogens is 377 g/mol. The van der Waals surface area contributed by atoms with Gasteiger partial charge in [-0.2, -0.15) is 0 Å². The molecule has 0 N–H and O–H groups in total. The summed E-state index contributed by atoms with van der Waals surface area (Å²) >= 11 is 0.334. The largest absolute Gasteiger partial charge is 0.147 e. The molecule has 0 unspecified atom stereocenters. The predicted molar refractivity (Wildman–Crippen MR) is 103 cm³/mol. The Morgan fingerprint density at radius 2 is 1.62 bits per heavy atom. The van der Waals surface area contributed by atoms with Crippen LogP contribution in [0.4, 0.5) is 0 Å². The van der Waals surface area contributed by atoms with Gasteiger partial charge in [0, 0.05) is 0 Å². The van der Waals surface area contributed by atoms with E-state index in [-0.39, 0.29) is 24.8 Å². The molecular formula is C20H17Cl2CrN. The van der Waals surface area contributed by atoms with Crippen molar-refractivity contribution in [1.82, 2.24) is 4.98 Å². The zero-order valence-electron chi connectivity index (χ0n) is 12.9. The number of allylic oxidation sites excluding steroid dienone is 4. The predicted octanol–water partition coefficient (Wildman–Crippen LogP) is 5.16. The van der Waals surface area contributed by atoms with Gasteiger partial charge in [0.15, 0.2) is 0 Å². The van der Waals surface area contributed by atoms with E-state index < -0.39 is 0 Å². The smallest absolute Gasteiger partial charge is 0.147 e. The van der Waals surface area contributed by atoms with Crippen LogP contribution in [0, 0.1) is 0 Å². The van der Waals surface area contributed by atoms with Crippen molar-refractivity contribution in [2.45, 2.75) is 6.42 Å². The molecule has 1 aliphatic rings. The summed E-state index contributed by atoms with van der Waals surface area (Å²) in [6.07, 6.45) is 7.65. The Bertz CT molecular complexity index is 883. The van der Waals surface area contributed by atoms with Gasteiger partial charge in [-0.05, 0) is 0 Å². The van der Waals surface area contributed by atoms with Gasteiger partial charge in [0.2, 0.25) is 0 Å². The number of hydrogen-bond acceptors (Lipinski definition) is 1. The fourth-order valence-corrected chi connectivity index (χ4v) is 4.34. The summed E-state index contributed by atoms with van der Waals surface area (Å²) in [6.45, 7) is 0. The quantitative estimate of drug-likeness (QED) is 0.598. The summed E-state index contributed by atoms with van der Waals surface area (Å²) in [5, 5.41) is 1.23. The molecule has 0 saturated heterocycles. The molecule has 0 radical (unpaired) electrons. The van der Waals surface area contributed by atoms with Gasteiger partial charge < -0.3 is 0 Å². The molecule has 1 aliphatic carbocycles. The molecule has 1 heterocycles. The number of halogens is 2. The zero-order chi connectivity index (χ0) is 14.8. The van der Waals surface area contributed by atoms with Crippen LogP contribution in [0.5, 0.6) is 0 Å². The van der Waals surface area contributed by atoms with E-state index in [0.717, 1.165) is 11.9 Å². The summed E-state index contributed by atoms with van der Waals surface area (Å²) in [7, 11) is 0. The zero-order valence-corrected chi connectivity index (χ0v) is 15.8. The number of para-hydroxylation sites is 1. The maximum Gasteiger partial charge on any atom is -0.147 e. The Kier molecular flexibility index (Phi) is 6.66. The third-order valence-electron chi connectivity index (χ3n) is 3.78. The maximum absolute atomic E-state index is 4.57. The minimum Gasteiger partial charge on any atom is -0.147 e. The minimum absolute atomic E-state index is 0. The molecule has 0 fully saturated rings. The number of nitrogens with zero attached hydrogens (tertiary/aromatic N) is 1. The summed E-state index contributed by atoms with van der Waals surface area (Å²) < 4.78 is 2.89. The number of aromatic nitrogens is 1. The Hall–Kier alpha value is -1.56. The van der Waals surface area contributed by atoms with Crippen LogP contribution in [-0.2, 0) is 15.2 Å². The van der Waals surface area contributed by atoms with Crippen LogP contribution in [0.25, 0.3) is 16.5 Å². The molecule has 3 aromatic rings. The van der Waals surface area contributed by atoms with Crippen LogP contribution in [0.3, 0.4) is 0 Å². The van der Waals surface area contributed by atoms with Gasteiger partial charge in [-0.25, -0.2) is 0 Å². The fraction of sp³-hybridized carbons (Fsp3) is 0.0500. The summed E-state index contributed by atoms with van der Waals surface area (Å²) in [4.78, 5) is 4.57. The van der Waals surface area contributed by atoms with E-state index in [0.29, 0.717) is 15.2 Å². The van der Waals surface area contributed by atoms with Gasteiger partial charge >= 0.3 is 137 Å². The molecule has 4 heteroatoms. The number of hydrogen-bond donors (Lipinski definition) is 0. The molecule has 1 nitrogen and oxygen atoms in total. The number of fused-ring (bicyclic) bond motifs is 1. The molecule has 0 spiro atoms. The molecule has 122 valence electrons. The molecule has 2 aromatic carbocycles. The SMILES string of the molecule is C1=[C]([Cr][c]2cccc3cccnc23)CC=C1c1ccccc1.Cl.Cl. The second-order valence-corrected chi connectivity index (χ2v) is 7.10. The molecule has 24 heavy (non-hydrogen) atoms. The number of benzene rings is 2. The third kappa shape index (κ3) is 3.91. The van der Waals surface area contributed by atoms with Gasteiger partial charge in [-0.15, -0.1) is 24.8 Å². The van der Waals surface area contributed by atoms with Gasteiger partial charge in [0.1, 0.15) is 0 Å². The first kappa shape index (κ1) is 18.8. The first-order chi connectivity index (χ1) is 10.9. The van der Waals surface area contributed by atoms with E-state index in [1.54, 1.807) is 0 Å². The van der Waals surface area contributed by atoms with Crippen molar-refractivity contribution >= 4 is 45.7 Å². The van der Waals surface area contributed by atoms with E-state index in [4.69, 9.17) is 0 Å². The first-order valence-electron chi connectivity index (χ1n) is 7.38. The molecule has 0 atom stereocenters. The second kappa shape index (κ2) is 8.51. The van der Waals surface area contributed by atoms with Gasteiger partial charge in [-0.1, -0.05) is 0 Å². The van der Waals surface area contributed by atoms with Crippen LogP contribution >= 0.6 is 24.8 Å². The molecule has 1 aromatic heterocycles. The third-order valence-corrected chi connectivity index (χ3v) is 5.50. The molecule has 0 bridgehead atoms. The van der Waals surface area contributed by atoms with E-state index in [1.165, 1.54) is 25.4 Å². The van der Waals surface area contributed by atoms with Crippen molar-refractivity contribution in [2.24, 2.45) is 0 Å². The molecule has 4 rings (SSSR count). The topological polar surface area (TPSA) is 12.9 Å². The van der Waals surface area contributed by atoms with Crippen LogP contribution in [0.15, 0.2) is 83.4 Å². The average Bonchev–Trinajstić information content (AvgIpc) is 3.05. The maximum atomic E-state index is 4.57. The van der Waals surface area contributed by atoms with Crippen LogP contribution < -0.4 is 4.43 Å². The van der Waals surface area contributed by atoms with E-state index >= 15 is 0 Å². The van der Waals surface area contributed by atoms with E-state index in [1.807, 2.05) is 12.3 Å². The van der Waals surface area contributed by atoms with Crippen LogP contribution in [-0.4, -0.2) is 4.98 Å². The first-order valence-corrected chi connectivity index (χ1v) is 8.65. The molecule has 0 saturated carbocycles. The summed E-state index contributed by atoms with van der Waals surface area (Å²) in [6, 6.07) is 21.3. The van der Waals surface area contributed by atoms with Crippen molar-refractivity contribution in [3.63, 3.8) is 0 Å². The fourth-order valence-electron chi connectivity index (χ4n) is 2.70. The molecule has 0 aliphatic heterocycles. The second-order valence-electron chi connectivity index (χ2n) is 5.27. The van der Waals surface area contributed by atoms with Crippen molar-refractivity contribution < 1.29 is 15.2 Å². The summed E-state index contributed by atoms with van der Waals surface area (Å²) in [5.74, 6) is 0. The Labute approximate surface area is 161 Å². The monoisotopic (exact) mass is 393 g/mol. The van der Waals surface area contributed by atoms with Crippen molar-refractivity contribution in [3.05, 3.63) is 89.0 Å². The average molecular weight is 394 g/mol. The van der Waals surface area contributed by atoms with Crippen molar-refractivity contribution in [1.29, 1.82) is 0 Å². The normalized spacial score (nSPS) is 12.8. The van der Waals surface area contributed by atoms with Gasteiger partial charge in [0.25, 0.3) is 0 Å². The Balaban J connectivity index is 0.00000104. The number of rotatable bonds is 3. The van der Waals surface area contributed by atoms with E-state index in [2.05, 4.69) is 71.7 Å². The van der Waals surface area contributed by atoms with Gasteiger partial charge in [-0.3, -0.25) is 0 Å². The standard InChI is InChI=1S/C11H9.C9H6N.2ClH.Cr/c1-2-6-10(7-3-1)11-8-4-5-9-11;1-2-6-9-8(4-1)5-3-7-10-9;;;/h1-3,6-9H,4H2;1-5,7H;2*1H;. The van der Waals surface area contributed by atoms with Crippen molar-refractivity contribution in [2.75, 3.05) is 0 Å². The Morgan fingerprint density at radius 1 is 0.833 bits per heavy atom. The van der Waals surface area contributed by atoms with Crippen LogP contribution in [0.1, 0.15) is 12.0 Å². The minimum atomic E-state index is 0. The van der Waals surface area contributed by atoms with Gasteiger partial charge in [0.05, 0.1) is 0 Å². The Morgan fingerprint density at radius 3 is 2.46 bits per heavy atom. The van der Waals surface area contributed by atoms with Crippen LogP contribution in [0.2, 0.25) is 0 Å².